The third-order valence-electron chi connectivity index (χ3n) is 7.75. The molecule has 1 heterocycles. The highest BCUT2D eigenvalue weighted by Crippen LogP contribution is 2.17. The fraction of sp³-hybridized carbons (Fsp3) is 0.500. The van der Waals surface area contributed by atoms with Gasteiger partial charge in [-0.1, -0.05) is 113 Å². The van der Waals surface area contributed by atoms with Crippen molar-refractivity contribution in [3.05, 3.63) is 89.7 Å². The van der Waals surface area contributed by atoms with E-state index in [0.29, 0.717) is 0 Å². The van der Waals surface area contributed by atoms with Crippen LogP contribution < -0.4 is 19.2 Å². The Bertz CT molecular complexity index is 1110. The number of hydrogen-bond donors (Lipinski definition) is 0. The molecule has 0 bridgehead atoms. The van der Waals surface area contributed by atoms with Crippen LogP contribution in [0, 0.1) is 0 Å². The van der Waals surface area contributed by atoms with Gasteiger partial charge in [0.15, 0.2) is 6.61 Å². The van der Waals surface area contributed by atoms with Crippen LogP contribution in [0.3, 0.4) is 0 Å². The number of ether oxygens (including phenoxy) is 1. The maximum Gasteiger partial charge on any atom is 0.224 e. The Morgan fingerprint density at radius 3 is 1.71 bits per heavy atom. The molecule has 42 heavy (non-hydrogen) atoms. The molecule has 0 unspecified atom stereocenters. The van der Waals surface area contributed by atoms with Crippen molar-refractivity contribution in [1.29, 1.82) is 0 Å². The maximum atomic E-state index is 5.91. The number of anilines is 1. The molecule has 3 aromatic rings. The summed E-state index contributed by atoms with van der Waals surface area (Å²) in [5.41, 5.74) is 5.07. The quantitative estimate of drug-likeness (QED) is 0.0682. The van der Waals surface area contributed by atoms with Gasteiger partial charge in [-0.3, -0.25) is 4.84 Å². The van der Waals surface area contributed by atoms with E-state index in [9.17, 15) is 0 Å². The number of unbranched alkanes of at least 4 members (excludes halogenated alkanes) is 11. The van der Waals surface area contributed by atoms with Gasteiger partial charge in [-0.05, 0) is 60.9 Å². The third kappa shape index (κ3) is 14.1. The van der Waals surface area contributed by atoms with Gasteiger partial charge in [0.2, 0.25) is 12.4 Å². The number of benzene rings is 2. The molecular formula is C38H55N2O2+. The summed E-state index contributed by atoms with van der Waals surface area (Å²) in [7, 11) is 4.09. The van der Waals surface area contributed by atoms with Crippen LogP contribution in [-0.2, 0) is 6.42 Å². The van der Waals surface area contributed by atoms with Crippen molar-refractivity contribution in [2.24, 2.45) is 0 Å². The van der Waals surface area contributed by atoms with Crippen molar-refractivity contribution < 1.29 is 14.3 Å². The zero-order valence-electron chi connectivity index (χ0n) is 26.6. The van der Waals surface area contributed by atoms with Crippen LogP contribution in [0.2, 0.25) is 0 Å². The minimum absolute atomic E-state index is 0.776. The molecule has 228 valence electrons. The predicted octanol–water partition coefficient (Wildman–Crippen LogP) is 9.35. The molecule has 0 fully saturated rings. The summed E-state index contributed by atoms with van der Waals surface area (Å²) in [5.74, 6) is 0.969. The first-order chi connectivity index (χ1) is 20.6. The lowest BCUT2D eigenvalue weighted by molar-refractivity contribution is -0.891. The Morgan fingerprint density at radius 1 is 0.595 bits per heavy atom. The van der Waals surface area contributed by atoms with Crippen LogP contribution in [-0.4, -0.2) is 27.3 Å². The van der Waals surface area contributed by atoms with Gasteiger partial charge >= 0.3 is 0 Å². The minimum Gasteiger partial charge on any atom is -0.494 e. The monoisotopic (exact) mass is 571 g/mol. The smallest absolute Gasteiger partial charge is 0.224 e. The molecule has 0 amide bonds. The van der Waals surface area contributed by atoms with Crippen molar-refractivity contribution in [3.63, 3.8) is 0 Å². The van der Waals surface area contributed by atoms with E-state index in [1.165, 1.54) is 99.4 Å². The lowest BCUT2D eigenvalue weighted by Crippen LogP contribution is -2.42. The summed E-state index contributed by atoms with van der Waals surface area (Å²) in [6.45, 7) is 3.85. The summed E-state index contributed by atoms with van der Waals surface area (Å²) >= 11 is 0. The lowest BCUT2D eigenvalue weighted by atomic mass is 10.0. The van der Waals surface area contributed by atoms with Crippen LogP contribution in [0.15, 0.2) is 73.1 Å². The van der Waals surface area contributed by atoms with E-state index in [0.717, 1.165) is 31.8 Å². The summed E-state index contributed by atoms with van der Waals surface area (Å²) in [5, 5.41) is 0. The molecule has 0 aliphatic heterocycles. The van der Waals surface area contributed by atoms with E-state index in [1.54, 1.807) is 0 Å². The molecular weight excluding hydrogens is 516 g/mol. The van der Waals surface area contributed by atoms with Gasteiger partial charge in [0, 0.05) is 36.6 Å². The van der Waals surface area contributed by atoms with Crippen LogP contribution in [0.25, 0.3) is 12.2 Å². The zero-order valence-corrected chi connectivity index (χ0v) is 26.6. The van der Waals surface area contributed by atoms with E-state index in [-0.39, 0.29) is 0 Å². The first kappa shape index (κ1) is 33.2. The first-order valence-electron chi connectivity index (χ1n) is 16.5. The normalized spacial score (nSPS) is 11.2. The Morgan fingerprint density at radius 2 is 1.12 bits per heavy atom. The van der Waals surface area contributed by atoms with Crippen LogP contribution in [0.4, 0.5) is 5.69 Å². The number of nitrogens with zero attached hydrogens (tertiary/aromatic N) is 2. The molecule has 4 heteroatoms. The Kier molecular flexibility index (Phi) is 16.3. The second-order valence-electron chi connectivity index (χ2n) is 11.6. The molecule has 4 nitrogen and oxygen atoms in total. The summed E-state index contributed by atoms with van der Waals surface area (Å²) in [6, 6.07) is 21.6. The predicted molar refractivity (Wildman–Crippen MR) is 179 cm³/mol. The highest BCUT2D eigenvalue weighted by atomic mass is 16.7. The molecule has 1 aromatic heterocycles. The largest absolute Gasteiger partial charge is 0.494 e. The topological polar surface area (TPSA) is 25.6 Å². The summed E-state index contributed by atoms with van der Waals surface area (Å²) in [6.07, 6.45) is 26.1. The minimum atomic E-state index is 0.776. The van der Waals surface area contributed by atoms with E-state index >= 15 is 0 Å². The standard InChI is InChI=1S/C38H55N2O2/c1-4-5-6-7-12-15-32-41-38-26-24-36(25-27-38)23-22-35-20-18-34(19-21-35)17-14-11-9-8-10-13-16-33-42-40-30-28-37(29-31-40)39(2)3/h18-31H,4-17,32-33H2,1-3H3/q+1/b23-22+. The van der Waals surface area contributed by atoms with Crippen molar-refractivity contribution >= 4 is 17.8 Å². The van der Waals surface area contributed by atoms with E-state index in [1.807, 2.05) is 31.2 Å². The number of aromatic nitrogens is 1. The van der Waals surface area contributed by atoms with Crippen molar-refractivity contribution in [2.75, 3.05) is 32.2 Å². The van der Waals surface area contributed by atoms with Crippen LogP contribution in [0.5, 0.6) is 5.75 Å². The number of hydrogen-bond acceptors (Lipinski definition) is 3. The highest BCUT2D eigenvalue weighted by Gasteiger charge is 2.03. The van der Waals surface area contributed by atoms with E-state index in [4.69, 9.17) is 9.57 Å². The van der Waals surface area contributed by atoms with Crippen LogP contribution >= 0.6 is 0 Å². The van der Waals surface area contributed by atoms with Gasteiger partial charge in [-0.2, -0.15) is 0 Å². The van der Waals surface area contributed by atoms with Gasteiger partial charge in [0.25, 0.3) is 0 Å². The highest BCUT2D eigenvalue weighted by molar-refractivity contribution is 5.69. The molecule has 0 radical (unpaired) electrons. The Labute approximate surface area is 256 Å². The fourth-order valence-electron chi connectivity index (χ4n) is 5.01. The Balaban J connectivity index is 1.19. The molecule has 0 aliphatic carbocycles. The van der Waals surface area contributed by atoms with Gasteiger partial charge in [0.05, 0.1) is 6.61 Å². The van der Waals surface area contributed by atoms with Gasteiger partial charge in [-0.25, -0.2) is 0 Å². The number of aryl methyl sites for hydroxylation is 1. The molecule has 0 saturated heterocycles. The maximum absolute atomic E-state index is 5.91. The average Bonchev–Trinajstić information content (AvgIpc) is 3.02. The van der Waals surface area contributed by atoms with E-state index < -0.39 is 0 Å². The average molecular weight is 572 g/mol. The molecule has 0 spiro atoms. The lowest BCUT2D eigenvalue weighted by Gasteiger charge is -2.09. The molecule has 0 aliphatic rings. The molecule has 0 saturated carbocycles. The van der Waals surface area contributed by atoms with Crippen LogP contribution in [0.1, 0.15) is 107 Å². The third-order valence-corrected chi connectivity index (χ3v) is 7.75. The summed E-state index contributed by atoms with van der Waals surface area (Å²) < 4.78 is 7.72. The molecule has 2 aromatic carbocycles. The SMILES string of the molecule is CCCCCCCCOc1ccc(/C=C/c2ccc(CCCCCCCCCO[n+]3ccc(N(C)C)cc3)cc2)cc1. The number of pyridine rings is 1. The number of rotatable bonds is 22. The molecule has 0 N–H and O–H groups in total. The van der Waals surface area contributed by atoms with Crippen molar-refractivity contribution in [3.8, 4) is 5.75 Å². The molecule has 3 rings (SSSR count). The van der Waals surface area contributed by atoms with Crippen molar-refractivity contribution in [1.82, 2.24) is 0 Å². The Hall–Kier alpha value is -3.27. The van der Waals surface area contributed by atoms with Crippen molar-refractivity contribution in [2.45, 2.75) is 96.8 Å². The fourth-order valence-corrected chi connectivity index (χ4v) is 5.01. The summed E-state index contributed by atoms with van der Waals surface area (Å²) in [4.78, 5) is 7.89. The van der Waals surface area contributed by atoms with Gasteiger partial charge < -0.3 is 9.64 Å². The second kappa shape index (κ2) is 20.6. The van der Waals surface area contributed by atoms with Gasteiger partial charge in [-0.15, -0.1) is 0 Å². The molecule has 0 atom stereocenters. The first-order valence-corrected chi connectivity index (χ1v) is 16.5. The van der Waals surface area contributed by atoms with Gasteiger partial charge in [0.1, 0.15) is 5.75 Å². The van der Waals surface area contributed by atoms with E-state index in [2.05, 4.69) is 84.6 Å². The zero-order chi connectivity index (χ0) is 29.7. The second-order valence-corrected chi connectivity index (χ2v) is 11.6.